The minimum Gasteiger partial charge on any atom is -0.462 e. The summed E-state index contributed by atoms with van der Waals surface area (Å²) in [5.41, 5.74) is 0. The average molecular weight is 1330 g/mol. The Morgan fingerprint density at radius 3 is 0.789 bits per heavy atom. The van der Waals surface area contributed by atoms with Gasteiger partial charge in [-0.2, -0.15) is 0 Å². The molecule has 0 aromatic carbocycles. The van der Waals surface area contributed by atoms with Crippen LogP contribution < -0.4 is 0 Å². The van der Waals surface area contributed by atoms with Crippen LogP contribution in [0.15, 0.2) is 0 Å². The molecule has 0 saturated carbocycles. The lowest BCUT2D eigenvalue weighted by Crippen LogP contribution is -2.30. The molecule has 534 valence electrons. The summed E-state index contributed by atoms with van der Waals surface area (Å²) >= 11 is 0. The zero-order chi connectivity index (χ0) is 66.8. The summed E-state index contributed by atoms with van der Waals surface area (Å²) in [6.45, 7) is 14.1. The van der Waals surface area contributed by atoms with Crippen LogP contribution in [-0.4, -0.2) is 96.7 Å². The molecule has 3 N–H and O–H groups in total. The van der Waals surface area contributed by atoms with Crippen molar-refractivity contribution in [2.24, 2.45) is 23.7 Å². The predicted molar refractivity (Wildman–Crippen MR) is 363 cm³/mol. The Bertz CT molecular complexity index is 1780. The quantitative estimate of drug-likeness (QED) is 0.0222. The van der Waals surface area contributed by atoms with Gasteiger partial charge in [-0.3, -0.25) is 37.3 Å². The van der Waals surface area contributed by atoms with E-state index in [1.165, 1.54) is 148 Å². The number of hydrogen-bond donors (Lipinski definition) is 3. The maximum absolute atomic E-state index is 13.0. The first-order valence-corrected chi connectivity index (χ1v) is 39.7. The smallest absolute Gasteiger partial charge is 0.462 e. The van der Waals surface area contributed by atoms with Gasteiger partial charge in [-0.05, 0) is 49.4 Å². The van der Waals surface area contributed by atoms with Crippen LogP contribution in [0.1, 0.15) is 351 Å². The third kappa shape index (κ3) is 63.5. The van der Waals surface area contributed by atoms with E-state index in [2.05, 4.69) is 55.4 Å². The molecule has 19 heteroatoms. The third-order valence-electron chi connectivity index (χ3n) is 16.7. The highest BCUT2D eigenvalue weighted by molar-refractivity contribution is 7.47. The molecule has 3 unspecified atom stereocenters. The highest BCUT2D eigenvalue weighted by atomic mass is 31.2. The third-order valence-corrected chi connectivity index (χ3v) is 18.6. The molecule has 90 heavy (non-hydrogen) atoms. The van der Waals surface area contributed by atoms with E-state index in [1.807, 2.05) is 0 Å². The fraction of sp³-hybridized carbons (Fsp3) is 0.944. The van der Waals surface area contributed by atoms with E-state index in [1.54, 1.807) is 0 Å². The van der Waals surface area contributed by atoms with Gasteiger partial charge in [0.25, 0.3) is 0 Å². The van der Waals surface area contributed by atoms with Crippen molar-refractivity contribution in [1.82, 2.24) is 0 Å². The fourth-order valence-electron chi connectivity index (χ4n) is 10.6. The number of aliphatic hydroxyl groups excluding tert-OH is 1. The second-order valence-electron chi connectivity index (χ2n) is 27.3. The Hall–Kier alpha value is -1.94. The van der Waals surface area contributed by atoms with E-state index >= 15 is 0 Å². The lowest BCUT2D eigenvalue weighted by Gasteiger charge is -2.21. The van der Waals surface area contributed by atoms with Crippen molar-refractivity contribution in [2.75, 3.05) is 39.6 Å². The van der Waals surface area contributed by atoms with Crippen molar-refractivity contribution < 1.29 is 80.2 Å². The van der Waals surface area contributed by atoms with Crippen LogP contribution in [0.2, 0.25) is 0 Å². The summed E-state index contributed by atoms with van der Waals surface area (Å²) in [6.07, 6.45) is 43.2. The van der Waals surface area contributed by atoms with Crippen molar-refractivity contribution >= 4 is 39.5 Å². The number of ether oxygens (including phenoxy) is 4. The van der Waals surface area contributed by atoms with E-state index in [-0.39, 0.29) is 25.7 Å². The molecule has 0 fully saturated rings. The molecule has 0 aliphatic heterocycles. The normalized spacial score (nSPS) is 14.6. The molecule has 6 atom stereocenters. The van der Waals surface area contributed by atoms with Crippen LogP contribution in [0.3, 0.4) is 0 Å². The summed E-state index contributed by atoms with van der Waals surface area (Å²) in [5, 5.41) is 10.6. The summed E-state index contributed by atoms with van der Waals surface area (Å²) < 4.78 is 68.3. The number of phosphoric ester groups is 2. The van der Waals surface area contributed by atoms with Crippen LogP contribution >= 0.6 is 15.6 Å². The molecule has 0 saturated heterocycles. The molecule has 0 spiro atoms. The molecule has 0 aliphatic carbocycles. The fourth-order valence-corrected chi connectivity index (χ4v) is 12.2. The standard InChI is InChI=1S/C71H138O17P2/c1-9-64(8)50-42-34-29-30-36-44-52-69(74)82-58-67(87-70(75)53-45-37-27-21-17-13-11-15-19-24-32-40-48-62(4)5)60-86-90(79,80)84-56-65(72)55-83-89(77,78)85-59-66(88-71(76)54-46-38-28-22-25-33-41-49-63(6)7)57-81-68(73)51-43-35-26-20-16-12-10-14-18-23-31-39-47-61(2)3/h61-67,72H,9-60H2,1-8H3,(H,77,78)(H,79,80)/t64?,65-,66-,67-/m1/s1. The Morgan fingerprint density at radius 2 is 0.533 bits per heavy atom. The van der Waals surface area contributed by atoms with E-state index in [9.17, 15) is 43.2 Å². The van der Waals surface area contributed by atoms with Crippen LogP contribution in [0.5, 0.6) is 0 Å². The number of hydrogen-bond acceptors (Lipinski definition) is 15. The van der Waals surface area contributed by atoms with Gasteiger partial charge in [-0.25, -0.2) is 9.13 Å². The minimum atomic E-state index is -4.95. The second kappa shape index (κ2) is 60.7. The minimum absolute atomic E-state index is 0.103. The molecule has 0 heterocycles. The van der Waals surface area contributed by atoms with Gasteiger partial charge in [0.2, 0.25) is 0 Å². The molecule has 0 aromatic heterocycles. The zero-order valence-electron chi connectivity index (χ0n) is 58.8. The topological polar surface area (TPSA) is 237 Å². The van der Waals surface area contributed by atoms with Gasteiger partial charge < -0.3 is 33.8 Å². The lowest BCUT2D eigenvalue weighted by molar-refractivity contribution is -0.161. The summed E-state index contributed by atoms with van der Waals surface area (Å²) in [4.78, 5) is 72.6. The van der Waals surface area contributed by atoms with Crippen LogP contribution in [-0.2, 0) is 65.4 Å². The Morgan fingerprint density at radius 1 is 0.311 bits per heavy atom. The number of unbranched alkanes of at least 4 members (excludes halogenated alkanes) is 33. The first-order valence-electron chi connectivity index (χ1n) is 36.7. The highest BCUT2D eigenvalue weighted by Gasteiger charge is 2.30. The van der Waals surface area contributed by atoms with Crippen molar-refractivity contribution in [3.05, 3.63) is 0 Å². The van der Waals surface area contributed by atoms with Crippen LogP contribution in [0, 0.1) is 23.7 Å². The molecule has 0 rings (SSSR count). The van der Waals surface area contributed by atoms with Gasteiger partial charge in [0, 0.05) is 25.7 Å². The largest absolute Gasteiger partial charge is 0.472 e. The number of carbonyl (C=O) groups is 4. The molecule has 0 aromatic rings. The van der Waals surface area contributed by atoms with Gasteiger partial charge in [0.05, 0.1) is 26.4 Å². The Kier molecular flexibility index (Phi) is 59.4. The monoisotopic (exact) mass is 1320 g/mol. The molecular formula is C71H138O17P2. The number of aliphatic hydroxyl groups is 1. The van der Waals surface area contributed by atoms with Gasteiger partial charge in [0.15, 0.2) is 12.2 Å². The molecule has 17 nitrogen and oxygen atoms in total. The Labute approximate surface area is 549 Å². The number of esters is 4. The SMILES string of the molecule is CCC(C)CCCCCCCCC(=O)OC[C@H](COP(=O)(O)OC[C@H](O)COP(=O)(O)OC[C@@H](COC(=O)CCCCCCCCCCCCCCC(C)C)OC(=O)CCCCCCCCCC(C)C)OC(=O)CCCCCCCCCCCCCCC(C)C. The van der Waals surface area contributed by atoms with E-state index in [0.29, 0.717) is 31.6 Å². The van der Waals surface area contributed by atoms with Crippen LogP contribution in [0.25, 0.3) is 0 Å². The maximum Gasteiger partial charge on any atom is 0.472 e. The maximum atomic E-state index is 13.0. The first kappa shape index (κ1) is 88.1. The molecular weight excluding hydrogens is 1190 g/mol. The van der Waals surface area contributed by atoms with Gasteiger partial charge in [-0.1, -0.05) is 299 Å². The first-order chi connectivity index (χ1) is 43.1. The predicted octanol–water partition coefficient (Wildman–Crippen LogP) is 20.1. The number of carbonyl (C=O) groups excluding carboxylic acids is 4. The van der Waals surface area contributed by atoms with Gasteiger partial charge in [-0.15, -0.1) is 0 Å². The van der Waals surface area contributed by atoms with Crippen molar-refractivity contribution in [1.29, 1.82) is 0 Å². The van der Waals surface area contributed by atoms with Gasteiger partial charge in [0.1, 0.15) is 19.3 Å². The molecule has 0 bridgehead atoms. The average Bonchev–Trinajstić information content (AvgIpc) is 3.05. The van der Waals surface area contributed by atoms with Crippen molar-refractivity contribution in [3.63, 3.8) is 0 Å². The summed E-state index contributed by atoms with van der Waals surface area (Å²) in [6, 6.07) is 0. The van der Waals surface area contributed by atoms with Crippen molar-refractivity contribution in [3.8, 4) is 0 Å². The molecule has 0 radical (unpaired) electrons. The number of phosphoric acid groups is 2. The molecule has 0 aliphatic rings. The second-order valence-corrected chi connectivity index (χ2v) is 30.2. The van der Waals surface area contributed by atoms with Crippen LogP contribution in [0.4, 0.5) is 0 Å². The molecule has 0 amide bonds. The van der Waals surface area contributed by atoms with Gasteiger partial charge >= 0.3 is 39.5 Å². The van der Waals surface area contributed by atoms with E-state index in [4.69, 9.17) is 37.0 Å². The lowest BCUT2D eigenvalue weighted by atomic mass is 10.00. The Balaban J connectivity index is 5.23. The van der Waals surface area contributed by atoms with Crippen molar-refractivity contribution in [2.45, 2.75) is 369 Å². The van der Waals surface area contributed by atoms with E-state index in [0.717, 1.165) is 114 Å². The highest BCUT2D eigenvalue weighted by Crippen LogP contribution is 2.45. The summed E-state index contributed by atoms with van der Waals surface area (Å²) in [5.74, 6) is 0.855. The summed E-state index contributed by atoms with van der Waals surface area (Å²) in [7, 11) is -9.90. The zero-order valence-corrected chi connectivity index (χ0v) is 60.6. The van der Waals surface area contributed by atoms with E-state index < -0.39 is 97.5 Å². The number of rotatable bonds is 68.